The SMILES string of the molecule is CC[C@H]1C[C@H](O)C2O[C@@H]3CC(=O)[C@@]2(O)[C@H]1O3. The Balaban J connectivity index is 2.03. The van der Waals surface area contributed by atoms with Crippen LogP contribution in [0, 0.1) is 5.92 Å². The molecule has 4 fully saturated rings. The number of fused-ring (bicyclic) bond motifs is 1. The smallest absolute Gasteiger partial charge is 0.178 e. The molecule has 4 rings (SSSR count). The van der Waals surface area contributed by atoms with Crippen LogP contribution in [0.2, 0.25) is 0 Å². The molecule has 5 nitrogen and oxygen atoms in total. The second-order valence-corrected chi connectivity index (χ2v) is 4.97. The van der Waals surface area contributed by atoms with Crippen LogP contribution in [-0.2, 0) is 14.3 Å². The Hall–Kier alpha value is -0.490. The van der Waals surface area contributed by atoms with Crippen molar-refractivity contribution < 1.29 is 24.5 Å². The van der Waals surface area contributed by atoms with Crippen molar-refractivity contribution in [2.24, 2.45) is 5.92 Å². The molecule has 0 aromatic carbocycles. The molecule has 1 aliphatic carbocycles. The maximum atomic E-state index is 11.9. The van der Waals surface area contributed by atoms with Crippen LogP contribution in [0.3, 0.4) is 0 Å². The number of hydrogen-bond donors (Lipinski definition) is 2. The first-order valence-electron chi connectivity index (χ1n) is 5.82. The van der Waals surface area contributed by atoms with Crippen LogP contribution in [0.15, 0.2) is 0 Å². The lowest BCUT2D eigenvalue weighted by Crippen LogP contribution is -2.76. The van der Waals surface area contributed by atoms with Crippen LogP contribution in [0.25, 0.3) is 0 Å². The highest BCUT2D eigenvalue weighted by Crippen LogP contribution is 2.48. The number of rotatable bonds is 1. The molecule has 6 atom stereocenters. The van der Waals surface area contributed by atoms with Gasteiger partial charge in [0.1, 0.15) is 12.2 Å². The fraction of sp³-hybridized carbons (Fsp3) is 0.909. The largest absolute Gasteiger partial charge is 0.390 e. The molecule has 90 valence electrons. The third kappa shape index (κ3) is 1.12. The van der Waals surface area contributed by atoms with E-state index in [4.69, 9.17) is 9.47 Å². The molecule has 3 aliphatic heterocycles. The average molecular weight is 228 g/mol. The third-order valence-electron chi connectivity index (χ3n) is 4.11. The zero-order valence-electron chi connectivity index (χ0n) is 9.13. The molecule has 3 saturated heterocycles. The van der Waals surface area contributed by atoms with E-state index in [1.54, 1.807) is 0 Å². The summed E-state index contributed by atoms with van der Waals surface area (Å²) in [5, 5.41) is 20.4. The van der Waals surface area contributed by atoms with Gasteiger partial charge in [0.25, 0.3) is 0 Å². The summed E-state index contributed by atoms with van der Waals surface area (Å²) in [7, 11) is 0. The van der Waals surface area contributed by atoms with Gasteiger partial charge in [0.05, 0.1) is 12.5 Å². The van der Waals surface area contributed by atoms with Crippen molar-refractivity contribution in [3.63, 3.8) is 0 Å². The van der Waals surface area contributed by atoms with Gasteiger partial charge in [-0.2, -0.15) is 0 Å². The van der Waals surface area contributed by atoms with E-state index >= 15 is 0 Å². The van der Waals surface area contributed by atoms with Gasteiger partial charge in [-0.1, -0.05) is 13.3 Å². The third-order valence-corrected chi connectivity index (χ3v) is 4.11. The number of aliphatic hydroxyl groups is 2. The quantitative estimate of drug-likeness (QED) is 0.638. The molecule has 2 N–H and O–H groups in total. The fourth-order valence-corrected chi connectivity index (χ4v) is 3.25. The summed E-state index contributed by atoms with van der Waals surface area (Å²) in [6.07, 6.45) is -1.29. The van der Waals surface area contributed by atoms with Gasteiger partial charge in [0.2, 0.25) is 0 Å². The zero-order valence-corrected chi connectivity index (χ0v) is 9.13. The highest BCUT2D eigenvalue weighted by atomic mass is 16.7. The van der Waals surface area contributed by atoms with Gasteiger partial charge in [0, 0.05) is 0 Å². The van der Waals surface area contributed by atoms with Crippen LogP contribution in [-0.4, -0.2) is 46.2 Å². The summed E-state index contributed by atoms with van der Waals surface area (Å²) >= 11 is 0. The van der Waals surface area contributed by atoms with Crippen molar-refractivity contribution in [3.8, 4) is 0 Å². The number of hydrogen-bond acceptors (Lipinski definition) is 5. The molecule has 1 unspecified atom stereocenters. The second kappa shape index (κ2) is 3.26. The Labute approximate surface area is 93.3 Å². The molecule has 5 heteroatoms. The minimum absolute atomic E-state index is 0.0203. The normalized spacial score (nSPS) is 55.4. The predicted octanol–water partition coefficient (Wildman–Crippen LogP) is -0.409. The predicted molar refractivity (Wildman–Crippen MR) is 52.5 cm³/mol. The number of aliphatic hydroxyl groups excluding tert-OH is 1. The van der Waals surface area contributed by atoms with Crippen LogP contribution in [0.1, 0.15) is 26.2 Å². The van der Waals surface area contributed by atoms with Crippen molar-refractivity contribution in [1.82, 2.24) is 0 Å². The lowest BCUT2D eigenvalue weighted by atomic mass is 9.66. The van der Waals surface area contributed by atoms with E-state index in [9.17, 15) is 15.0 Å². The molecule has 3 heterocycles. The highest BCUT2D eigenvalue weighted by Gasteiger charge is 2.66. The number of carbonyl (C=O) groups is 1. The standard InChI is InChI=1S/C11H16O5/c1-2-5-3-6(12)10-11(14)7(13)4-8(16-10)15-9(5)11/h5-6,8-10,12,14H,2-4H2,1H3/t5-,6-,8+,9-,10?,11+/m0/s1. The molecule has 4 bridgehead atoms. The van der Waals surface area contributed by atoms with Gasteiger partial charge in [0.15, 0.2) is 17.7 Å². The maximum Gasteiger partial charge on any atom is 0.178 e. The van der Waals surface area contributed by atoms with Gasteiger partial charge in [-0.05, 0) is 12.3 Å². The molecule has 16 heavy (non-hydrogen) atoms. The first-order chi connectivity index (χ1) is 7.57. The topological polar surface area (TPSA) is 76.0 Å². The van der Waals surface area contributed by atoms with Gasteiger partial charge in [-0.25, -0.2) is 0 Å². The van der Waals surface area contributed by atoms with E-state index in [2.05, 4.69) is 0 Å². The van der Waals surface area contributed by atoms with E-state index < -0.39 is 30.2 Å². The van der Waals surface area contributed by atoms with Gasteiger partial charge < -0.3 is 19.7 Å². The lowest BCUT2D eigenvalue weighted by Gasteiger charge is -2.58. The van der Waals surface area contributed by atoms with E-state index in [1.165, 1.54) is 0 Å². The zero-order chi connectivity index (χ0) is 11.5. The van der Waals surface area contributed by atoms with Gasteiger partial charge in [-0.3, -0.25) is 4.79 Å². The van der Waals surface area contributed by atoms with Crippen LogP contribution in [0.4, 0.5) is 0 Å². The van der Waals surface area contributed by atoms with Crippen molar-refractivity contribution in [1.29, 1.82) is 0 Å². The Morgan fingerprint density at radius 2 is 2.12 bits per heavy atom. The van der Waals surface area contributed by atoms with Gasteiger partial charge >= 0.3 is 0 Å². The number of ketones is 1. The lowest BCUT2D eigenvalue weighted by molar-refractivity contribution is -0.370. The van der Waals surface area contributed by atoms with E-state index in [0.717, 1.165) is 6.42 Å². The van der Waals surface area contributed by atoms with Crippen LogP contribution < -0.4 is 0 Å². The minimum Gasteiger partial charge on any atom is -0.390 e. The molecule has 0 amide bonds. The Kier molecular flexibility index (Phi) is 2.17. The Bertz CT molecular complexity index is 330. The maximum absolute atomic E-state index is 11.9. The number of Topliss-reactive ketones (excluding diaryl/α,β-unsaturated/α-hetero) is 1. The summed E-state index contributed by atoms with van der Waals surface area (Å²) < 4.78 is 11.0. The molecule has 1 saturated carbocycles. The second-order valence-electron chi connectivity index (χ2n) is 4.97. The molecule has 0 radical (unpaired) electrons. The minimum atomic E-state index is -1.63. The molecule has 0 aromatic rings. The molecular formula is C11H16O5. The first kappa shape index (κ1) is 10.7. The summed E-state index contributed by atoms with van der Waals surface area (Å²) in [6.45, 7) is 1.97. The number of ether oxygens (including phenoxy) is 2. The molecule has 0 aromatic heterocycles. The van der Waals surface area contributed by atoms with Crippen LogP contribution in [0.5, 0.6) is 0 Å². The van der Waals surface area contributed by atoms with E-state index in [0.29, 0.717) is 6.42 Å². The van der Waals surface area contributed by atoms with Gasteiger partial charge in [-0.15, -0.1) is 0 Å². The molecule has 0 spiro atoms. The molecular weight excluding hydrogens is 212 g/mol. The summed E-state index contributed by atoms with van der Waals surface area (Å²) in [5.74, 6) is -0.228. The average Bonchev–Trinajstić information content (AvgIpc) is 2.24. The van der Waals surface area contributed by atoms with Crippen molar-refractivity contribution >= 4 is 5.78 Å². The Morgan fingerprint density at radius 3 is 2.81 bits per heavy atom. The monoisotopic (exact) mass is 228 g/mol. The van der Waals surface area contributed by atoms with Crippen molar-refractivity contribution in [2.75, 3.05) is 0 Å². The van der Waals surface area contributed by atoms with E-state index in [-0.39, 0.29) is 18.1 Å². The molecule has 4 aliphatic rings. The van der Waals surface area contributed by atoms with Crippen molar-refractivity contribution in [3.05, 3.63) is 0 Å². The fourth-order valence-electron chi connectivity index (χ4n) is 3.25. The summed E-state index contributed by atoms with van der Waals surface area (Å²) in [5.41, 5.74) is -1.63. The number of carbonyl (C=O) groups excluding carboxylic acids is 1. The summed E-state index contributed by atoms with van der Waals surface area (Å²) in [4.78, 5) is 11.9. The highest BCUT2D eigenvalue weighted by molar-refractivity contribution is 5.90. The Morgan fingerprint density at radius 1 is 1.44 bits per heavy atom. The first-order valence-corrected chi connectivity index (χ1v) is 5.82. The summed E-state index contributed by atoms with van der Waals surface area (Å²) in [6, 6.07) is 0. The van der Waals surface area contributed by atoms with E-state index in [1.807, 2.05) is 6.92 Å². The van der Waals surface area contributed by atoms with Crippen molar-refractivity contribution in [2.45, 2.75) is 56.4 Å². The van der Waals surface area contributed by atoms with Crippen LogP contribution >= 0.6 is 0 Å².